The molecule has 0 saturated heterocycles. The summed E-state index contributed by atoms with van der Waals surface area (Å²) in [5.41, 5.74) is 3.40. The molecule has 2 aromatic carbocycles. The highest BCUT2D eigenvalue weighted by molar-refractivity contribution is 5.87. The van der Waals surface area contributed by atoms with E-state index in [4.69, 9.17) is 0 Å². The zero-order chi connectivity index (χ0) is 13.9. The minimum Gasteiger partial charge on any atom is -0.373 e. The molecule has 1 heterocycles. The second-order valence-corrected chi connectivity index (χ2v) is 5.20. The summed E-state index contributed by atoms with van der Waals surface area (Å²) in [6.45, 7) is 2.01. The predicted octanol–water partition coefficient (Wildman–Crippen LogP) is 2.90. The molecule has 0 saturated carbocycles. The molecule has 0 aromatic heterocycles. The van der Waals surface area contributed by atoms with E-state index in [1.807, 2.05) is 55.5 Å². The van der Waals surface area contributed by atoms with Crippen molar-refractivity contribution in [3.63, 3.8) is 0 Å². The van der Waals surface area contributed by atoms with Gasteiger partial charge in [-0.2, -0.15) is 0 Å². The van der Waals surface area contributed by atoms with E-state index in [-0.39, 0.29) is 18.0 Å². The molecule has 1 amide bonds. The average molecular weight is 266 g/mol. The first-order valence-corrected chi connectivity index (χ1v) is 6.94. The van der Waals surface area contributed by atoms with Gasteiger partial charge in [-0.3, -0.25) is 4.79 Å². The quantitative estimate of drug-likeness (QED) is 0.897. The van der Waals surface area contributed by atoms with Gasteiger partial charge in [0.25, 0.3) is 0 Å². The zero-order valence-electron chi connectivity index (χ0n) is 11.5. The molecule has 0 aliphatic carbocycles. The second-order valence-electron chi connectivity index (χ2n) is 5.20. The van der Waals surface area contributed by atoms with Crippen molar-refractivity contribution in [2.75, 3.05) is 5.32 Å². The molecule has 2 aromatic rings. The number of amides is 1. The third kappa shape index (κ3) is 2.52. The summed E-state index contributed by atoms with van der Waals surface area (Å²) in [5, 5.41) is 6.35. The lowest BCUT2D eigenvalue weighted by molar-refractivity contribution is -0.122. The Balaban J connectivity index is 1.64. The average Bonchev–Trinajstić information content (AvgIpc) is 2.92. The summed E-state index contributed by atoms with van der Waals surface area (Å²) >= 11 is 0. The van der Waals surface area contributed by atoms with Crippen LogP contribution >= 0.6 is 0 Å². The first-order valence-electron chi connectivity index (χ1n) is 6.94. The lowest BCUT2D eigenvalue weighted by Crippen LogP contribution is -2.39. The van der Waals surface area contributed by atoms with Crippen LogP contribution in [0, 0.1) is 0 Å². The molecule has 2 N–H and O–H groups in total. The van der Waals surface area contributed by atoms with Crippen molar-refractivity contribution in [3.8, 4) is 0 Å². The number of hydrogen-bond donors (Lipinski definition) is 2. The van der Waals surface area contributed by atoms with E-state index in [1.54, 1.807) is 0 Å². The molecule has 2 atom stereocenters. The summed E-state index contributed by atoms with van der Waals surface area (Å²) in [7, 11) is 0. The molecule has 0 radical (unpaired) electrons. The third-order valence-electron chi connectivity index (χ3n) is 3.75. The van der Waals surface area contributed by atoms with Gasteiger partial charge in [-0.1, -0.05) is 48.5 Å². The Labute approximate surface area is 119 Å². The van der Waals surface area contributed by atoms with Gasteiger partial charge in [0.05, 0.1) is 6.04 Å². The van der Waals surface area contributed by atoms with Crippen molar-refractivity contribution < 1.29 is 4.79 Å². The number of carbonyl (C=O) groups is 1. The van der Waals surface area contributed by atoms with E-state index in [9.17, 15) is 4.79 Å². The van der Waals surface area contributed by atoms with Gasteiger partial charge < -0.3 is 10.6 Å². The fraction of sp³-hybridized carbons (Fsp3) is 0.235. The van der Waals surface area contributed by atoms with Crippen LogP contribution in [0.4, 0.5) is 5.69 Å². The Morgan fingerprint density at radius 3 is 2.60 bits per heavy atom. The minimum absolute atomic E-state index is 0.0224. The molecular weight excluding hydrogens is 248 g/mol. The van der Waals surface area contributed by atoms with Gasteiger partial charge in [0.1, 0.15) is 6.04 Å². The van der Waals surface area contributed by atoms with Crippen molar-refractivity contribution >= 4 is 11.6 Å². The van der Waals surface area contributed by atoms with Crippen LogP contribution in [-0.4, -0.2) is 11.9 Å². The Morgan fingerprint density at radius 1 is 1.15 bits per heavy atom. The number of hydrogen-bond acceptors (Lipinski definition) is 2. The van der Waals surface area contributed by atoms with Crippen LogP contribution in [-0.2, 0) is 11.2 Å². The van der Waals surface area contributed by atoms with E-state index in [2.05, 4.69) is 16.7 Å². The predicted molar refractivity (Wildman–Crippen MR) is 80.6 cm³/mol. The highest BCUT2D eigenvalue weighted by Crippen LogP contribution is 2.25. The van der Waals surface area contributed by atoms with Crippen LogP contribution in [0.2, 0.25) is 0 Å². The Morgan fingerprint density at radius 2 is 1.85 bits per heavy atom. The smallest absolute Gasteiger partial charge is 0.243 e. The van der Waals surface area contributed by atoms with Gasteiger partial charge in [-0.15, -0.1) is 0 Å². The van der Waals surface area contributed by atoms with E-state index in [0.717, 1.165) is 17.7 Å². The van der Waals surface area contributed by atoms with Gasteiger partial charge in [-0.25, -0.2) is 0 Å². The second kappa shape index (κ2) is 5.37. The monoisotopic (exact) mass is 266 g/mol. The van der Waals surface area contributed by atoms with E-state index >= 15 is 0 Å². The highest BCUT2D eigenvalue weighted by atomic mass is 16.2. The summed E-state index contributed by atoms with van der Waals surface area (Å²) in [6, 6.07) is 17.9. The lowest BCUT2D eigenvalue weighted by atomic mass is 10.1. The molecule has 102 valence electrons. The SMILES string of the molecule is C[C@H](NC(=O)C1Cc2ccccc2N1)c1ccccc1. The molecule has 3 rings (SSSR count). The van der Waals surface area contributed by atoms with Gasteiger partial charge in [0.2, 0.25) is 5.91 Å². The number of rotatable bonds is 3. The van der Waals surface area contributed by atoms with E-state index < -0.39 is 0 Å². The van der Waals surface area contributed by atoms with Crippen LogP contribution in [0.25, 0.3) is 0 Å². The van der Waals surface area contributed by atoms with Crippen molar-refractivity contribution in [2.24, 2.45) is 0 Å². The molecule has 0 bridgehead atoms. The normalized spacial score (nSPS) is 17.9. The Hall–Kier alpha value is -2.29. The van der Waals surface area contributed by atoms with Crippen molar-refractivity contribution in [2.45, 2.75) is 25.4 Å². The molecule has 20 heavy (non-hydrogen) atoms. The van der Waals surface area contributed by atoms with E-state index in [0.29, 0.717) is 0 Å². The van der Waals surface area contributed by atoms with Crippen molar-refractivity contribution in [1.82, 2.24) is 5.32 Å². The molecule has 0 fully saturated rings. The van der Waals surface area contributed by atoms with Crippen LogP contribution in [0.15, 0.2) is 54.6 Å². The maximum absolute atomic E-state index is 12.3. The van der Waals surface area contributed by atoms with Gasteiger partial charge in [-0.05, 0) is 24.1 Å². The standard InChI is InChI=1S/C17H18N2O/c1-12(13-7-3-2-4-8-13)18-17(20)16-11-14-9-5-6-10-15(14)19-16/h2-10,12,16,19H,11H2,1H3,(H,18,20)/t12-,16?/m0/s1. The number of nitrogens with one attached hydrogen (secondary N) is 2. The summed E-state index contributed by atoms with van der Waals surface area (Å²) in [5.74, 6) is 0.0533. The molecular formula is C17H18N2O. The lowest BCUT2D eigenvalue weighted by Gasteiger charge is -2.18. The fourth-order valence-electron chi connectivity index (χ4n) is 2.60. The highest BCUT2D eigenvalue weighted by Gasteiger charge is 2.27. The fourth-order valence-corrected chi connectivity index (χ4v) is 2.60. The molecule has 3 nitrogen and oxygen atoms in total. The topological polar surface area (TPSA) is 41.1 Å². The Bertz CT molecular complexity index is 584. The largest absolute Gasteiger partial charge is 0.373 e. The maximum atomic E-state index is 12.3. The van der Waals surface area contributed by atoms with Gasteiger partial charge in [0.15, 0.2) is 0 Å². The zero-order valence-corrected chi connectivity index (χ0v) is 11.5. The van der Waals surface area contributed by atoms with Crippen molar-refractivity contribution in [1.29, 1.82) is 0 Å². The van der Waals surface area contributed by atoms with Crippen LogP contribution < -0.4 is 10.6 Å². The first kappa shape index (κ1) is 12.7. The molecule has 1 aliphatic rings. The minimum atomic E-state index is -0.168. The summed E-state index contributed by atoms with van der Waals surface area (Å²) in [4.78, 5) is 12.3. The third-order valence-corrected chi connectivity index (χ3v) is 3.75. The van der Waals surface area contributed by atoms with Crippen molar-refractivity contribution in [3.05, 3.63) is 65.7 Å². The molecule has 1 unspecified atom stereocenters. The number of para-hydroxylation sites is 1. The first-order chi connectivity index (χ1) is 9.74. The number of anilines is 1. The molecule has 0 spiro atoms. The van der Waals surface area contributed by atoms with Gasteiger partial charge >= 0.3 is 0 Å². The maximum Gasteiger partial charge on any atom is 0.243 e. The van der Waals surface area contributed by atoms with Crippen LogP contribution in [0.1, 0.15) is 24.1 Å². The summed E-state index contributed by atoms with van der Waals surface area (Å²) < 4.78 is 0. The Kier molecular flexibility index (Phi) is 3.42. The number of carbonyl (C=O) groups excluding carboxylic acids is 1. The van der Waals surface area contributed by atoms with Crippen LogP contribution in [0.3, 0.4) is 0 Å². The summed E-state index contributed by atoms with van der Waals surface area (Å²) in [6.07, 6.45) is 0.753. The van der Waals surface area contributed by atoms with Gasteiger partial charge in [0, 0.05) is 12.1 Å². The number of fused-ring (bicyclic) bond motifs is 1. The molecule has 3 heteroatoms. The number of benzene rings is 2. The van der Waals surface area contributed by atoms with Crippen LogP contribution in [0.5, 0.6) is 0 Å². The van der Waals surface area contributed by atoms with E-state index in [1.165, 1.54) is 5.56 Å². The molecule has 1 aliphatic heterocycles.